The van der Waals surface area contributed by atoms with Gasteiger partial charge in [-0.3, -0.25) is 0 Å². The van der Waals surface area contributed by atoms with Crippen LogP contribution in [0.5, 0.6) is 11.5 Å². The molecule has 0 saturated carbocycles. The summed E-state index contributed by atoms with van der Waals surface area (Å²) >= 11 is 0. The number of rotatable bonds is 5. The van der Waals surface area contributed by atoms with E-state index >= 15 is 0 Å². The quantitative estimate of drug-likeness (QED) is 0.521. The standard InChI is InChI=1S/C20H15F4N3O6S/c21-14-5-16(15(29)4-11(14)6-25)33-18-8-27(9-19(18,30)10-28)34(31,32)17-2-1-13(20(22,23)24)3-12(17)7-26/h1-5,18,28-30H,8-10H2/t18-,19+/m0/s1. The largest absolute Gasteiger partial charge is 0.504 e. The fourth-order valence-electron chi connectivity index (χ4n) is 3.34. The number of hydrogen-bond donors (Lipinski definition) is 3. The Balaban J connectivity index is 1.97. The van der Waals surface area contributed by atoms with Gasteiger partial charge in [-0.1, -0.05) is 0 Å². The SMILES string of the molecule is N#Cc1cc(O)c(O[C@H]2CN(S(=O)(=O)c3ccc(C(F)(F)F)cc3C#N)C[C@@]2(O)CO)cc1F. The monoisotopic (exact) mass is 501 g/mol. The molecule has 0 aromatic heterocycles. The summed E-state index contributed by atoms with van der Waals surface area (Å²) in [6.07, 6.45) is -6.39. The predicted molar refractivity (Wildman–Crippen MR) is 104 cm³/mol. The topological polar surface area (TPSA) is 155 Å². The molecule has 180 valence electrons. The van der Waals surface area contributed by atoms with E-state index in [1.165, 1.54) is 12.1 Å². The Bertz CT molecular complexity index is 1320. The summed E-state index contributed by atoms with van der Waals surface area (Å²) in [5.41, 5.74) is -4.80. The molecule has 0 aliphatic carbocycles. The van der Waals surface area contributed by atoms with Crippen LogP contribution in [-0.4, -0.2) is 59.4 Å². The van der Waals surface area contributed by atoms with Crippen molar-refractivity contribution < 1.29 is 46.0 Å². The predicted octanol–water partition coefficient (Wildman–Crippen LogP) is 1.47. The molecule has 34 heavy (non-hydrogen) atoms. The minimum Gasteiger partial charge on any atom is -0.504 e. The summed E-state index contributed by atoms with van der Waals surface area (Å²) in [5, 5.41) is 48.3. The van der Waals surface area contributed by atoms with Gasteiger partial charge in [0.05, 0.1) is 34.7 Å². The number of phenolic OH excluding ortho intramolecular Hbond substituents is 1. The van der Waals surface area contributed by atoms with E-state index in [0.717, 1.165) is 6.07 Å². The Morgan fingerprint density at radius 2 is 1.82 bits per heavy atom. The van der Waals surface area contributed by atoms with E-state index in [1.54, 1.807) is 0 Å². The number of aliphatic hydroxyl groups excluding tert-OH is 1. The maximum atomic E-state index is 13.9. The summed E-state index contributed by atoms with van der Waals surface area (Å²) in [6, 6.07) is 5.71. The van der Waals surface area contributed by atoms with Crippen LogP contribution in [0.1, 0.15) is 16.7 Å². The number of benzene rings is 2. The zero-order valence-electron chi connectivity index (χ0n) is 16.9. The number of alkyl halides is 3. The number of ether oxygens (including phenoxy) is 1. The fourth-order valence-corrected chi connectivity index (χ4v) is 4.97. The average Bonchev–Trinajstić information content (AvgIpc) is 3.12. The van der Waals surface area contributed by atoms with Crippen molar-refractivity contribution in [3.8, 4) is 23.6 Å². The van der Waals surface area contributed by atoms with Crippen molar-refractivity contribution in [1.82, 2.24) is 4.31 Å². The van der Waals surface area contributed by atoms with E-state index in [0.29, 0.717) is 28.6 Å². The van der Waals surface area contributed by atoms with Crippen LogP contribution in [0, 0.1) is 28.5 Å². The van der Waals surface area contributed by atoms with Crippen molar-refractivity contribution >= 4 is 10.0 Å². The molecule has 1 saturated heterocycles. The van der Waals surface area contributed by atoms with Crippen molar-refractivity contribution in [3.63, 3.8) is 0 Å². The fraction of sp³-hybridized carbons (Fsp3) is 0.300. The minimum absolute atomic E-state index is 0.368. The van der Waals surface area contributed by atoms with Crippen LogP contribution < -0.4 is 4.74 Å². The molecule has 0 unspecified atom stereocenters. The van der Waals surface area contributed by atoms with Gasteiger partial charge in [-0.25, -0.2) is 12.8 Å². The summed E-state index contributed by atoms with van der Waals surface area (Å²) in [5.74, 6) is -2.33. The van der Waals surface area contributed by atoms with E-state index in [2.05, 4.69) is 0 Å². The number of halogens is 4. The van der Waals surface area contributed by atoms with Crippen LogP contribution in [0.25, 0.3) is 0 Å². The molecule has 1 aliphatic heterocycles. The molecule has 1 fully saturated rings. The van der Waals surface area contributed by atoms with Gasteiger partial charge in [-0.05, 0) is 18.2 Å². The zero-order valence-corrected chi connectivity index (χ0v) is 17.7. The lowest BCUT2D eigenvalue weighted by atomic mass is 10.0. The van der Waals surface area contributed by atoms with Crippen LogP contribution >= 0.6 is 0 Å². The van der Waals surface area contributed by atoms with Crippen LogP contribution in [0.3, 0.4) is 0 Å². The van der Waals surface area contributed by atoms with E-state index in [1.807, 2.05) is 0 Å². The van der Waals surface area contributed by atoms with Crippen molar-refractivity contribution in [2.24, 2.45) is 0 Å². The highest BCUT2D eigenvalue weighted by Gasteiger charge is 2.51. The summed E-state index contributed by atoms with van der Waals surface area (Å²) in [4.78, 5) is -0.767. The highest BCUT2D eigenvalue weighted by atomic mass is 32.2. The smallest absolute Gasteiger partial charge is 0.416 e. The van der Waals surface area contributed by atoms with Gasteiger partial charge in [0.15, 0.2) is 11.5 Å². The van der Waals surface area contributed by atoms with Gasteiger partial charge in [-0.15, -0.1) is 0 Å². The van der Waals surface area contributed by atoms with Crippen molar-refractivity contribution in [1.29, 1.82) is 10.5 Å². The lowest BCUT2D eigenvalue weighted by Crippen LogP contribution is -2.48. The van der Waals surface area contributed by atoms with Crippen LogP contribution in [0.4, 0.5) is 17.6 Å². The van der Waals surface area contributed by atoms with Gasteiger partial charge >= 0.3 is 6.18 Å². The molecule has 0 bridgehead atoms. The second kappa shape index (κ2) is 8.73. The third kappa shape index (κ3) is 4.49. The minimum atomic E-state index is -4.82. The molecule has 1 aliphatic rings. The lowest BCUT2D eigenvalue weighted by Gasteiger charge is -2.27. The number of aromatic hydroxyl groups is 1. The molecule has 0 radical (unpaired) electrons. The molecular weight excluding hydrogens is 486 g/mol. The molecule has 2 aromatic carbocycles. The van der Waals surface area contributed by atoms with Crippen LogP contribution in [0.2, 0.25) is 0 Å². The average molecular weight is 501 g/mol. The molecule has 3 rings (SSSR count). The van der Waals surface area contributed by atoms with Gasteiger partial charge in [0.1, 0.15) is 29.7 Å². The molecule has 2 aromatic rings. The van der Waals surface area contributed by atoms with E-state index in [-0.39, 0.29) is 0 Å². The normalized spacial score (nSPS) is 21.1. The second-order valence-electron chi connectivity index (χ2n) is 7.40. The van der Waals surface area contributed by atoms with Gasteiger partial charge in [0, 0.05) is 18.7 Å². The molecular formula is C20H15F4N3O6S. The molecule has 3 N–H and O–H groups in total. The third-order valence-electron chi connectivity index (χ3n) is 5.18. The molecule has 14 heteroatoms. The Morgan fingerprint density at radius 3 is 2.38 bits per heavy atom. The molecule has 1 heterocycles. The number of β-amino-alcohol motifs (C(OH)–C–C–N with tert-alkyl or cyclic N) is 1. The Hall–Kier alpha value is -3.43. The number of aliphatic hydroxyl groups is 2. The highest BCUT2D eigenvalue weighted by molar-refractivity contribution is 7.89. The summed E-state index contributed by atoms with van der Waals surface area (Å²) < 4.78 is 84.8. The second-order valence-corrected chi connectivity index (χ2v) is 9.30. The maximum Gasteiger partial charge on any atom is 0.416 e. The summed E-state index contributed by atoms with van der Waals surface area (Å²) in [6.45, 7) is -2.50. The van der Waals surface area contributed by atoms with Crippen molar-refractivity contribution in [3.05, 3.63) is 52.8 Å². The number of sulfonamides is 1. The van der Waals surface area contributed by atoms with E-state index in [4.69, 9.17) is 10.00 Å². The molecule has 0 spiro atoms. The Kier molecular flexibility index (Phi) is 6.47. The lowest BCUT2D eigenvalue weighted by molar-refractivity contribution is -0.137. The van der Waals surface area contributed by atoms with Crippen molar-refractivity contribution in [2.45, 2.75) is 22.8 Å². The van der Waals surface area contributed by atoms with E-state index < -0.39 is 86.5 Å². The van der Waals surface area contributed by atoms with Gasteiger partial charge in [-0.2, -0.15) is 28.0 Å². The zero-order chi connectivity index (χ0) is 25.5. The first-order chi connectivity index (χ1) is 15.8. The van der Waals surface area contributed by atoms with Crippen LogP contribution in [0.15, 0.2) is 35.2 Å². The van der Waals surface area contributed by atoms with Gasteiger partial charge in [0.2, 0.25) is 10.0 Å². The van der Waals surface area contributed by atoms with Crippen LogP contribution in [-0.2, 0) is 16.2 Å². The Morgan fingerprint density at radius 1 is 1.18 bits per heavy atom. The number of hydrogen-bond acceptors (Lipinski definition) is 8. The first-order valence-electron chi connectivity index (χ1n) is 9.31. The maximum absolute atomic E-state index is 13.9. The molecule has 9 nitrogen and oxygen atoms in total. The third-order valence-corrected chi connectivity index (χ3v) is 7.05. The van der Waals surface area contributed by atoms with Crippen molar-refractivity contribution in [2.75, 3.05) is 19.7 Å². The van der Waals surface area contributed by atoms with Gasteiger partial charge in [0.25, 0.3) is 0 Å². The summed E-state index contributed by atoms with van der Waals surface area (Å²) in [7, 11) is -4.67. The Labute approximate surface area is 190 Å². The van der Waals surface area contributed by atoms with E-state index in [9.17, 15) is 46.6 Å². The molecule has 2 atom stereocenters. The number of nitrogens with zero attached hydrogens (tertiary/aromatic N) is 3. The number of phenols is 1. The van der Waals surface area contributed by atoms with Gasteiger partial charge < -0.3 is 20.1 Å². The first kappa shape index (κ1) is 25.2. The molecule has 0 amide bonds. The number of nitriles is 2. The first-order valence-corrected chi connectivity index (χ1v) is 10.7. The highest BCUT2D eigenvalue weighted by Crippen LogP contribution is 2.37.